The van der Waals surface area contributed by atoms with Crippen molar-refractivity contribution in [3.05, 3.63) is 76.1 Å². The van der Waals surface area contributed by atoms with Crippen LogP contribution in [0.15, 0.2) is 63.8 Å². The Labute approximate surface area is 162 Å². The Balaban J connectivity index is 1.56. The molecule has 2 aromatic carbocycles. The smallest absolute Gasteiger partial charge is 0.349 e. The van der Waals surface area contributed by atoms with Gasteiger partial charge in [0.2, 0.25) is 0 Å². The molecule has 4 rings (SSSR count). The van der Waals surface area contributed by atoms with Crippen LogP contribution in [0.1, 0.15) is 22.3 Å². The Morgan fingerprint density at radius 2 is 1.79 bits per heavy atom. The third-order valence-electron chi connectivity index (χ3n) is 5.02. The predicted molar refractivity (Wildman–Crippen MR) is 106 cm³/mol. The first-order chi connectivity index (χ1) is 13.7. The molecule has 1 aliphatic rings. The van der Waals surface area contributed by atoms with Crippen LogP contribution in [0.3, 0.4) is 0 Å². The van der Waals surface area contributed by atoms with E-state index in [4.69, 9.17) is 4.42 Å². The summed E-state index contributed by atoms with van der Waals surface area (Å²) < 4.78 is 5.31. The van der Waals surface area contributed by atoms with Crippen LogP contribution in [-0.4, -0.2) is 37.0 Å². The Morgan fingerprint density at radius 3 is 2.64 bits per heavy atom. The Morgan fingerprint density at radius 1 is 1.00 bits per heavy atom. The van der Waals surface area contributed by atoms with Crippen molar-refractivity contribution in [1.82, 2.24) is 4.90 Å². The fraction of sp³-hybridized carbons (Fsp3) is 0.227. The largest absolute Gasteiger partial charge is 0.422 e. The van der Waals surface area contributed by atoms with Crippen LogP contribution >= 0.6 is 0 Å². The molecule has 140 valence electrons. The van der Waals surface area contributed by atoms with Crippen molar-refractivity contribution >= 4 is 22.6 Å². The molecule has 0 atom stereocenters. The molecule has 0 spiro atoms. The lowest BCUT2D eigenvalue weighted by molar-refractivity contribution is 0.0763. The molecule has 0 radical (unpaired) electrons. The second kappa shape index (κ2) is 7.57. The van der Waals surface area contributed by atoms with Gasteiger partial charge in [0, 0.05) is 31.6 Å². The summed E-state index contributed by atoms with van der Waals surface area (Å²) >= 11 is 0. The SMILES string of the molecule is N#Cc1ccccc1N1CCCN(C(=O)c2cc3ccccc3oc2=O)CC1. The van der Waals surface area contributed by atoms with E-state index < -0.39 is 5.63 Å². The Hall–Kier alpha value is -3.59. The summed E-state index contributed by atoms with van der Waals surface area (Å²) in [6.07, 6.45) is 0.754. The van der Waals surface area contributed by atoms with Crippen LogP contribution in [-0.2, 0) is 0 Å². The summed E-state index contributed by atoms with van der Waals surface area (Å²) in [7, 11) is 0. The van der Waals surface area contributed by atoms with Gasteiger partial charge in [-0.1, -0.05) is 30.3 Å². The third-order valence-corrected chi connectivity index (χ3v) is 5.02. The molecule has 1 aromatic heterocycles. The molecule has 28 heavy (non-hydrogen) atoms. The summed E-state index contributed by atoms with van der Waals surface area (Å²) in [5, 5.41) is 10.1. The first-order valence-corrected chi connectivity index (χ1v) is 9.23. The third kappa shape index (κ3) is 3.35. The molecule has 3 aromatic rings. The average Bonchev–Trinajstić information content (AvgIpc) is 2.99. The number of nitrogens with zero attached hydrogens (tertiary/aromatic N) is 3. The minimum absolute atomic E-state index is 0.0598. The standard InChI is InChI=1S/C22H19N3O3/c23-15-17-7-1-3-8-19(17)24-10-5-11-25(13-12-24)21(26)18-14-16-6-2-4-9-20(16)28-22(18)27/h1-4,6-9,14H,5,10-13H2. The molecule has 1 aliphatic heterocycles. The van der Waals surface area contributed by atoms with Gasteiger partial charge in [0.05, 0.1) is 11.3 Å². The van der Waals surface area contributed by atoms with Gasteiger partial charge in [0.25, 0.3) is 5.91 Å². The van der Waals surface area contributed by atoms with E-state index in [0.717, 1.165) is 24.0 Å². The van der Waals surface area contributed by atoms with Gasteiger partial charge in [-0.3, -0.25) is 4.79 Å². The highest BCUT2D eigenvalue weighted by atomic mass is 16.4. The van der Waals surface area contributed by atoms with Crippen LogP contribution in [0.25, 0.3) is 11.0 Å². The summed E-state index contributed by atoms with van der Waals surface area (Å²) in [5.74, 6) is -0.310. The lowest BCUT2D eigenvalue weighted by atomic mass is 10.1. The summed E-state index contributed by atoms with van der Waals surface area (Å²) in [6, 6.07) is 18.5. The number of nitriles is 1. The molecule has 0 N–H and O–H groups in total. The van der Waals surface area contributed by atoms with Crippen molar-refractivity contribution in [2.45, 2.75) is 6.42 Å². The number of amides is 1. The maximum absolute atomic E-state index is 13.0. The van der Waals surface area contributed by atoms with E-state index in [9.17, 15) is 14.9 Å². The lowest BCUT2D eigenvalue weighted by Crippen LogP contribution is -2.37. The number of carbonyl (C=O) groups excluding carboxylic acids is 1. The maximum atomic E-state index is 13.0. The van der Waals surface area contributed by atoms with Crippen molar-refractivity contribution in [3.63, 3.8) is 0 Å². The predicted octanol–water partition coefficient (Wildman–Crippen LogP) is 3.02. The number of hydrogen-bond acceptors (Lipinski definition) is 5. The number of benzene rings is 2. The van der Waals surface area contributed by atoms with Crippen molar-refractivity contribution in [2.75, 3.05) is 31.1 Å². The normalized spacial score (nSPS) is 14.5. The van der Waals surface area contributed by atoms with Gasteiger partial charge in [0.1, 0.15) is 17.2 Å². The second-order valence-electron chi connectivity index (χ2n) is 6.75. The molecule has 1 amide bonds. The Bertz CT molecular complexity index is 1130. The van der Waals surface area contributed by atoms with Gasteiger partial charge >= 0.3 is 5.63 Å². The zero-order valence-electron chi connectivity index (χ0n) is 15.3. The zero-order valence-corrected chi connectivity index (χ0v) is 15.3. The second-order valence-corrected chi connectivity index (χ2v) is 6.75. The van der Waals surface area contributed by atoms with E-state index in [1.165, 1.54) is 0 Å². The summed E-state index contributed by atoms with van der Waals surface area (Å²) in [5.41, 5.74) is 1.42. The van der Waals surface area contributed by atoms with E-state index >= 15 is 0 Å². The molecule has 0 saturated carbocycles. The van der Waals surface area contributed by atoms with Crippen molar-refractivity contribution in [1.29, 1.82) is 5.26 Å². The van der Waals surface area contributed by atoms with Gasteiger partial charge in [-0.2, -0.15) is 5.26 Å². The minimum atomic E-state index is -0.611. The van der Waals surface area contributed by atoms with Gasteiger partial charge in [-0.05, 0) is 30.7 Å². The highest BCUT2D eigenvalue weighted by Gasteiger charge is 2.24. The highest BCUT2D eigenvalue weighted by molar-refractivity contribution is 5.96. The lowest BCUT2D eigenvalue weighted by Gasteiger charge is -2.24. The van der Waals surface area contributed by atoms with Crippen LogP contribution in [0, 0.1) is 11.3 Å². The van der Waals surface area contributed by atoms with Crippen molar-refractivity contribution in [2.24, 2.45) is 0 Å². The zero-order chi connectivity index (χ0) is 19.5. The fourth-order valence-corrected chi connectivity index (χ4v) is 3.59. The molecular weight excluding hydrogens is 354 g/mol. The van der Waals surface area contributed by atoms with Crippen LogP contribution in [0.5, 0.6) is 0 Å². The molecular formula is C22H19N3O3. The Kier molecular flexibility index (Phi) is 4.81. The number of carbonyl (C=O) groups is 1. The minimum Gasteiger partial charge on any atom is -0.422 e. The first kappa shape index (κ1) is 17.8. The van der Waals surface area contributed by atoms with Gasteiger partial charge in [-0.25, -0.2) is 4.79 Å². The number of hydrogen-bond donors (Lipinski definition) is 0. The molecule has 0 bridgehead atoms. The van der Waals surface area contributed by atoms with Crippen molar-refractivity contribution < 1.29 is 9.21 Å². The van der Waals surface area contributed by atoms with Crippen LogP contribution in [0.4, 0.5) is 5.69 Å². The fourth-order valence-electron chi connectivity index (χ4n) is 3.59. The number of anilines is 1. The van der Waals surface area contributed by atoms with Gasteiger partial charge < -0.3 is 14.2 Å². The maximum Gasteiger partial charge on any atom is 0.349 e. The summed E-state index contributed by atoms with van der Waals surface area (Å²) in [4.78, 5) is 29.1. The van der Waals surface area contributed by atoms with E-state index in [-0.39, 0.29) is 11.5 Å². The van der Waals surface area contributed by atoms with E-state index in [1.807, 2.05) is 30.3 Å². The molecule has 6 heteroatoms. The van der Waals surface area contributed by atoms with Gasteiger partial charge in [-0.15, -0.1) is 0 Å². The van der Waals surface area contributed by atoms with E-state index in [0.29, 0.717) is 30.8 Å². The number of rotatable bonds is 2. The first-order valence-electron chi connectivity index (χ1n) is 9.23. The molecule has 2 heterocycles. The number of fused-ring (bicyclic) bond motifs is 1. The van der Waals surface area contributed by atoms with Gasteiger partial charge in [0.15, 0.2) is 0 Å². The van der Waals surface area contributed by atoms with E-state index in [1.54, 1.807) is 29.2 Å². The molecule has 0 unspecified atom stereocenters. The monoisotopic (exact) mass is 373 g/mol. The quantitative estimate of drug-likeness (QED) is 0.645. The highest BCUT2D eigenvalue weighted by Crippen LogP contribution is 2.22. The topological polar surface area (TPSA) is 77.6 Å². The molecule has 6 nitrogen and oxygen atoms in total. The molecule has 0 aliphatic carbocycles. The average molecular weight is 373 g/mol. The van der Waals surface area contributed by atoms with Crippen LogP contribution in [0.2, 0.25) is 0 Å². The van der Waals surface area contributed by atoms with Crippen molar-refractivity contribution in [3.8, 4) is 6.07 Å². The van der Waals surface area contributed by atoms with E-state index in [2.05, 4.69) is 11.0 Å². The molecule has 1 saturated heterocycles. The number of para-hydroxylation sites is 2. The summed E-state index contributed by atoms with van der Waals surface area (Å²) in [6.45, 7) is 2.37. The molecule has 1 fully saturated rings. The van der Waals surface area contributed by atoms with Crippen LogP contribution < -0.4 is 10.5 Å².